The first-order chi connectivity index (χ1) is 14.0. The van der Waals surface area contributed by atoms with Crippen LogP contribution in [0.5, 0.6) is 0 Å². The Bertz CT molecular complexity index is 1370. The van der Waals surface area contributed by atoms with Crippen LogP contribution >= 0.6 is 11.6 Å². The largest absolute Gasteiger partial charge is 0.350 e. The van der Waals surface area contributed by atoms with Gasteiger partial charge in [0.25, 0.3) is 5.91 Å². The fourth-order valence-electron chi connectivity index (χ4n) is 4.50. The number of imidazole rings is 1. The van der Waals surface area contributed by atoms with Crippen molar-refractivity contribution in [3.8, 4) is 11.4 Å². The van der Waals surface area contributed by atoms with E-state index in [1.54, 1.807) is 6.07 Å². The van der Waals surface area contributed by atoms with E-state index in [1.165, 1.54) is 5.56 Å². The predicted molar refractivity (Wildman–Crippen MR) is 115 cm³/mol. The monoisotopic (exact) mass is 400 g/mol. The molecule has 0 radical (unpaired) electrons. The number of aryl methyl sites for hydroxylation is 2. The van der Waals surface area contributed by atoms with Crippen molar-refractivity contribution in [3.63, 3.8) is 0 Å². The molecule has 0 aliphatic carbocycles. The third-order valence-corrected chi connectivity index (χ3v) is 6.27. The molecule has 142 valence electrons. The molecule has 1 unspecified atom stereocenters. The molecule has 1 spiro atoms. The lowest BCUT2D eigenvalue weighted by Gasteiger charge is -2.37. The number of halogens is 1. The number of anilines is 2. The van der Waals surface area contributed by atoms with Gasteiger partial charge in [-0.1, -0.05) is 23.7 Å². The van der Waals surface area contributed by atoms with Crippen molar-refractivity contribution in [2.24, 2.45) is 0 Å². The summed E-state index contributed by atoms with van der Waals surface area (Å²) in [7, 11) is 0. The summed E-state index contributed by atoms with van der Waals surface area (Å²) in [5.41, 5.74) is 6.32. The Balaban J connectivity index is 1.80. The second-order valence-corrected chi connectivity index (χ2v) is 8.16. The SMILES string of the molecule is Cc1cc2nc3n(c2cc1C)C1(Nc2ccccc2-3)C(=O)Nc2ccc(Cl)cc21. The van der Waals surface area contributed by atoms with E-state index in [9.17, 15) is 4.79 Å². The molecule has 1 amide bonds. The molecule has 5 nitrogen and oxygen atoms in total. The number of hydrogen-bond donors (Lipinski definition) is 2. The fraction of sp³-hybridized carbons (Fsp3) is 0.130. The van der Waals surface area contributed by atoms with Crippen LogP contribution in [0.3, 0.4) is 0 Å². The number of hydrogen-bond acceptors (Lipinski definition) is 3. The highest BCUT2D eigenvalue weighted by Crippen LogP contribution is 2.49. The van der Waals surface area contributed by atoms with Gasteiger partial charge in [-0.3, -0.25) is 9.36 Å². The van der Waals surface area contributed by atoms with E-state index in [0.29, 0.717) is 5.02 Å². The van der Waals surface area contributed by atoms with Gasteiger partial charge in [0, 0.05) is 27.5 Å². The number of fused-ring (bicyclic) bond motifs is 8. The highest BCUT2D eigenvalue weighted by atomic mass is 35.5. The molecule has 3 heterocycles. The van der Waals surface area contributed by atoms with Gasteiger partial charge in [0.2, 0.25) is 5.66 Å². The lowest BCUT2D eigenvalue weighted by molar-refractivity contribution is -0.120. The van der Waals surface area contributed by atoms with Crippen molar-refractivity contribution in [2.45, 2.75) is 19.5 Å². The first-order valence-corrected chi connectivity index (χ1v) is 9.86. The van der Waals surface area contributed by atoms with Crippen LogP contribution in [0.15, 0.2) is 54.6 Å². The second-order valence-electron chi connectivity index (χ2n) is 7.72. The third-order valence-electron chi connectivity index (χ3n) is 6.04. The molecular formula is C23H17ClN4O. The molecule has 0 fully saturated rings. The van der Waals surface area contributed by atoms with Crippen molar-refractivity contribution in [2.75, 3.05) is 10.6 Å². The summed E-state index contributed by atoms with van der Waals surface area (Å²) >= 11 is 6.35. The lowest BCUT2D eigenvalue weighted by atomic mass is 9.95. The summed E-state index contributed by atoms with van der Waals surface area (Å²) < 4.78 is 2.02. The highest BCUT2D eigenvalue weighted by Gasteiger charge is 2.53. The minimum atomic E-state index is -1.15. The van der Waals surface area contributed by atoms with E-state index in [4.69, 9.17) is 16.6 Å². The average Bonchev–Trinajstić information content (AvgIpc) is 3.19. The first kappa shape index (κ1) is 16.6. The minimum Gasteiger partial charge on any atom is -0.350 e. The zero-order valence-electron chi connectivity index (χ0n) is 15.9. The molecule has 2 aliphatic rings. The maximum Gasteiger partial charge on any atom is 0.276 e. The summed E-state index contributed by atoms with van der Waals surface area (Å²) in [5.74, 6) is 0.616. The van der Waals surface area contributed by atoms with Crippen molar-refractivity contribution in [1.29, 1.82) is 0 Å². The van der Waals surface area contributed by atoms with Gasteiger partial charge in [-0.15, -0.1) is 0 Å². The van der Waals surface area contributed by atoms with E-state index in [1.807, 2.05) is 41.0 Å². The first-order valence-electron chi connectivity index (χ1n) is 9.48. The number of carbonyl (C=O) groups is 1. The summed E-state index contributed by atoms with van der Waals surface area (Å²) in [6, 6.07) is 17.6. The van der Waals surface area contributed by atoms with E-state index >= 15 is 0 Å². The van der Waals surface area contributed by atoms with E-state index in [0.717, 1.165) is 44.9 Å². The van der Waals surface area contributed by atoms with Crippen molar-refractivity contribution < 1.29 is 4.79 Å². The summed E-state index contributed by atoms with van der Waals surface area (Å²) in [5, 5.41) is 7.14. The maximum absolute atomic E-state index is 13.5. The van der Waals surface area contributed by atoms with Gasteiger partial charge in [0.05, 0.1) is 11.0 Å². The number of aromatic nitrogens is 2. The Morgan fingerprint density at radius 1 is 1.00 bits per heavy atom. The number of amides is 1. The number of nitrogens with one attached hydrogen (secondary N) is 2. The normalized spacial score (nSPS) is 18.9. The van der Waals surface area contributed by atoms with Crippen molar-refractivity contribution in [3.05, 3.63) is 76.3 Å². The predicted octanol–water partition coefficient (Wildman–Crippen LogP) is 5.05. The van der Waals surface area contributed by atoms with Gasteiger partial charge in [-0.25, -0.2) is 4.98 Å². The Morgan fingerprint density at radius 2 is 1.79 bits per heavy atom. The van der Waals surface area contributed by atoms with Crippen LogP contribution in [-0.2, 0) is 10.5 Å². The zero-order valence-corrected chi connectivity index (χ0v) is 16.6. The van der Waals surface area contributed by atoms with E-state index in [-0.39, 0.29) is 5.91 Å². The quantitative estimate of drug-likeness (QED) is 0.434. The van der Waals surface area contributed by atoms with Crippen molar-refractivity contribution >= 4 is 39.9 Å². The average molecular weight is 401 g/mol. The van der Waals surface area contributed by atoms with E-state index in [2.05, 4.69) is 36.6 Å². The van der Waals surface area contributed by atoms with Crippen LogP contribution in [0.1, 0.15) is 16.7 Å². The molecule has 4 aromatic rings. The fourth-order valence-corrected chi connectivity index (χ4v) is 4.67. The van der Waals surface area contributed by atoms with Crippen LogP contribution in [0.25, 0.3) is 22.4 Å². The topological polar surface area (TPSA) is 59.0 Å². The zero-order chi connectivity index (χ0) is 19.9. The van der Waals surface area contributed by atoms with Gasteiger partial charge < -0.3 is 10.6 Å². The van der Waals surface area contributed by atoms with Crippen LogP contribution < -0.4 is 10.6 Å². The van der Waals surface area contributed by atoms with Gasteiger partial charge >= 0.3 is 0 Å². The molecule has 1 atom stereocenters. The number of nitrogens with zero attached hydrogens (tertiary/aromatic N) is 2. The minimum absolute atomic E-state index is 0.150. The maximum atomic E-state index is 13.5. The van der Waals surface area contributed by atoms with Crippen LogP contribution in [0.4, 0.5) is 11.4 Å². The van der Waals surface area contributed by atoms with Crippen LogP contribution in [0.2, 0.25) is 5.02 Å². The molecule has 1 aromatic heterocycles. The van der Waals surface area contributed by atoms with Crippen LogP contribution in [-0.4, -0.2) is 15.5 Å². The molecule has 29 heavy (non-hydrogen) atoms. The summed E-state index contributed by atoms with van der Waals surface area (Å²) in [4.78, 5) is 18.5. The van der Waals surface area contributed by atoms with Gasteiger partial charge in [-0.05, 0) is 67.4 Å². The number of para-hydroxylation sites is 1. The Hall–Kier alpha value is -3.31. The standard InChI is InChI=1S/C23H17ClN4O/c1-12-9-19-20(10-13(12)2)28-21(25-19)15-5-3-4-6-17(15)27-23(28)16-11-14(24)7-8-18(16)26-22(23)29/h3-11,27H,1-2H3,(H,26,29). The van der Waals surface area contributed by atoms with Gasteiger partial charge in [-0.2, -0.15) is 0 Å². The number of rotatable bonds is 0. The number of benzene rings is 3. The smallest absolute Gasteiger partial charge is 0.276 e. The molecule has 6 rings (SSSR count). The summed E-state index contributed by atoms with van der Waals surface area (Å²) in [6.45, 7) is 4.15. The molecule has 2 N–H and O–H groups in total. The molecule has 2 aliphatic heterocycles. The van der Waals surface area contributed by atoms with Crippen LogP contribution in [0, 0.1) is 13.8 Å². The molecule has 0 bridgehead atoms. The Morgan fingerprint density at radius 3 is 2.66 bits per heavy atom. The Kier molecular flexibility index (Phi) is 3.09. The molecule has 0 saturated carbocycles. The molecule has 3 aromatic carbocycles. The third kappa shape index (κ3) is 2.00. The van der Waals surface area contributed by atoms with Gasteiger partial charge in [0.1, 0.15) is 5.82 Å². The summed E-state index contributed by atoms with van der Waals surface area (Å²) in [6.07, 6.45) is 0. The molecule has 0 saturated heterocycles. The molecule has 6 heteroatoms. The Labute approximate surface area is 172 Å². The second kappa shape index (κ2) is 5.39. The highest BCUT2D eigenvalue weighted by molar-refractivity contribution is 6.31. The molecular weight excluding hydrogens is 384 g/mol. The van der Waals surface area contributed by atoms with Crippen molar-refractivity contribution in [1.82, 2.24) is 9.55 Å². The number of carbonyl (C=O) groups excluding carboxylic acids is 1. The van der Waals surface area contributed by atoms with Gasteiger partial charge in [0.15, 0.2) is 0 Å². The van der Waals surface area contributed by atoms with E-state index < -0.39 is 5.66 Å². The lowest BCUT2D eigenvalue weighted by Crippen LogP contribution is -2.50.